The van der Waals surface area contributed by atoms with E-state index in [1.807, 2.05) is 32.0 Å². The van der Waals surface area contributed by atoms with Crippen LogP contribution in [0.2, 0.25) is 0 Å². The summed E-state index contributed by atoms with van der Waals surface area (Å²) in [6.45, 7) is 4.01. The van der Waals surface area contributed by atoms with Gasteiger partial charge in [-0.3, -0.25) is 14.4 Å². The van der Waals surface area contributed by atoms with Gasteiger partial charge in [0.2, 0.25) is 5.91 Å². The van der Waals surface area contributed by atoms with E-state index >= 15 is 0 Å². The number of halogens is 1. The van der Waals surface area contributed by atoms with Crippen LogP contribution < -0.4 is 10.6 Å². The first-order valence-electron chi connectivity index (χ1n) is 10.5. The number of alkyl halides is 1. The van der Waals surface area contributed by atoms with Gasteiger partial charge < -0.3 is 15.4 Å². The van der Waals surface area contributed by atoms with E-state index < -0.39 is 5.92 Å². The number of anilines is 2. The molecule has 0 unspecified atom stereocenters. The minimum Gasteiger partial charge on any atom is -0.461 e. The maximum atomic E-state index is 13.2. The van der Waals surface area contributed by atoms with Crippen molar-refractivity contribution in [3.05, 3.63) is 59.2 Å². The largest absolute Gasteiger partial charge is 0.461 e. The first-order chi connectivity index (χ1) is 14.8. The lowest BCUT2D eigenvalue weighted by Crippen LogP contribution is -2.40. The lowest BCUT2D eigenvalue weighted by atomic mass is 9.79. The number of fused-ring (bicyclic) bond motifs is 1. The Kier molecular flexibility index (Phi) is 4.88. The molecule has 1 saturated heterocycles. The predicted octanol–water partition coefficient (Wildman–Crippen LogP) is 4.07. The molecule has 2 aliphatic carbocycles. The molecule has 0 aromatic heterocycles. The second-order valence-corrected chi connectivity index (χ2v) is 9.81. The van der Waals surface area contributed by atoms with Crippen LogP contribution in [-0.2, 0) is 14.3 Å². The molecule has 5 rings (SSSR count). The van der Waals surface area contributed by atoms with E-state index in [1.165, 1.54) is 0 Å². The van der Waals surface area contributed by atoms with Crippen molar-refractivity contribution in [2.24, 2.45) is 23.7 Å². The third-order valence-corrected chi connectivity index (χ3v) is 8.22. The van der Waals surface area contributed by atoms with Crippen LogP contribution in [0.4, 0.5) is 11.4 Å². The van der Waals surface area contributed by atoms with Crippen molar-refractivity contribution in [1.29, 1.82) is 0 Å². The SMILES string of the molecule is Cc1ccc(NC(=O)c2ccccc2NC(=O)[C@@H]2[C@H]3C[C@H]4[C@H](OC(=O)[C@H]42)[C@@H]3Br)cc1C. The molecule has 2 bridgehead atoms. The number of hydrogen-bond donors (Lipinski definition) is 2. The van der Waals surface area contributed by atoms with Crippen molar-refractivity contribution in [2.75, 3.05) is 10.6 Å². The van der Waals surface area contributed by atoms with E-state index in [9.17, 15) is 14.4 Å². The molecular weight excluding hydrogens is 460 g/mol. The van der Waals surface area contributed by atoms with E-state index in [1.54, 1.807) is 24.3 Å². The minimum atomic E-state index is -0.448. The summed E-state index contributed by atoms with van der Waals surface area (Å²) in [5.41, 5.74) is 3.74. The summed E-state index contributed by atoms with van der Waals surface area (Å²) in [6.07, 6.45) is 0.687. The lowest BCUT2D eigenvalue weighted by molar-refractivity contribution is -0.145. The highest BCUT2D eigenvalue weighted by molar-refractivity contribution is 9.09. The summed E-state index contributed by atoms with van der Waals surface area (Å²) in [7, 11) is 0. The van der Waals surface area contributed by atoms with Gasteiger partial charge in [0.15, 0.2) is 0 Å². The molecule has 2 aromatic rings. The standard InChI is InChI=1S/C24H23BrN2O4/c1-11-7-8-13(9-12(11)2)26-22(28)14-5-3-4-6-17(14)27-23(29)18-15-10-16-19(18)24(30)31-21(16)20(15)25/h3-9,15-16,18-21H,10H2,1-2H3,(H,26,28)(H,27,29)/t15-,16-,18-,19-,20-,21+/m1/s1. The highest BCUT2D eigenvalue weighted by Crippen LogP contribution is 2.60. The summed E-state index contributed by atoms with van der Waals surface area (Å²) >= 11 is 3.63. The van der Waals surface area contributed by atoms with Gasteiger partial charge in [-0.25, -0.2) is 0 Å². The van der Waals surface area contributed by atoms with Crippen LogP contribution in [0.25, 0.3) is 0 Å². The number of ether oxygens (including phenoxy) is 1. The number of rotatable bonds is 4. The molecule has 3 aliphatic rings. The van der Waals surface area contributed by atoms with Gasteiger partial charge in [-0.2, -0.15) is 0 Å². The molecule has 2 amide bonds. The predicted molar refractivity (Wildman–Crippen MR) is 120 cm³/mol. The van der Waals surface area contributed by atoms with Crippen LogP contribution in [0.15, 0.2) is 42.5 Å². The summed E-state index contributed by atoms with van der Waals surface area (Å²) in [6, 6.07) is 12.7. The minimum absolute atomic E-state index is 0.000677. The van der Waals surface area contributed by atoms with Gasteiger partial charge in [-0.15, -0.1) is 0 Å². The van der Waals surface area contributed by atoms with Crippen LogP contribution >= 0.6 is 15.9 Å². The van der Waals surface area contributed by atoms with Crippen LogP contribution in [0.1, 0.15) is 27.9 Å². The maximum absolute atomic E-state index is 13.2. The number of carbonyl (C=O) groups excluding carboxylic acids is 3. The van der Waals surface area contributed by atoms with Crippen molar-refractivity contribution in [1.82, 2.24) is 0 Å². The van der Waals surface area contributed by atoms with Crippen molar-refractivity contribution < 1.29 is 19.1 Å². The quantitative estimate of drug-likeness (QED) is 0.508. The Balaban J connectivity index is 1.36. The second kappa shape index (κ2) is 7.48. The highest BCUT2D eigenvalue weighted by Gasteiger charge is 2.67. The fraction of sp³-hybridized carbons (Fsp3) is 0.375. The van der Waals surface area contributed by atoms with Crippen LogP contribution in [0, 0.1) is 37.5 Å². The van der Waals surface area contributed by atoms with E-state index in [-0.39, 0.29) is 46.5 Å². The maximum Gasteiger partial charge on any atom is 0.310 e. The Bertz CT molecular complexity index is 1100. The van der Waals surface area contributed by atoms with Crippen molar-refractivity contribution in [3.8, 4) is 0 Å². The van der Waals surface area contributed by atoms with Gasteiger partial charge >= 0.3 is 5.97 Å². The summed E-state index contributed by atoms with van der Waals surface area (Å²) in [5, 5.41) is 5.83. The molecule has 2 N–H and O–H groups in total. The molecule has 160 valence electrons. The molecule has 1 aliphatic heterocycles. The molecule has 2 aromatic carbocycles. The Hall–Kier alpha value is -2.67. The smallest absolute Gasteiger partial charge is 0.310 e. The third kappa shape index (κ3) is 3.26. The monoisotopic (exact) mass is 482 g/mol. The molecule has 6 atom stereocenters. The van der Waals surface area contributed by atoms with Crippen molar-refractivity contribution >= 4 is 45.1 Å². The van der Waals surface area contributed by atoms with Gasteiger partial charge in [0, 0.05) is 11.6 Å². The fourth-order valence-corrected chi connectivity index (χ4v) is 6.40. The first-order valence-corrected chi connectivity index (χ1v) is 11.4. The zero-order chi connectivity index (χ0) is 21.9. The highest BCUT2D eigenvalue weighted by atomic mass is 79.9. The van der Waals surface area contributed by atoms with Crippen molar-refractivity contribution in [2.45, 2.75) is 31.2 Å². The van der Waals surface area contributed by atoms with Crippen LogP contribution in [0.5, 0.6) is 0 Å². The average molecular weight is 483 g/mol. The molecule has 0 radical (unpaired) electrons. The normalized spacial score (nSPS) is 30.2. The Morgan fingerprint density at radius 3 is 2.58 bits per heavy atom. The molecule has 31 heavy (non-hydrogen) atoms. The molecule has 0 spiro atoms. The van der Waals surface area contributed by atoms with Gasteiger partial charge in [0.25, 0.3) is 5.91 Å². The van der Waals surface area contributed by atoms with E-state index in [2.05, 4.69) is 26.6 Å². The van der Waals surface area contributed by atoms with Crippen LogP contribution in [-0.4, -0.2) is 28.7 Å². The summed E-state index contributed by atoms with van der Waals surface area (Å²) < 4.78 is 5.50. The zero-order valence-corrected chi connectivity index (χ0v) is 18.8. The Morgan fingerprint density at radius 1 is 1.03 bits per heavy atom. The topological polar surface area (TPSA) is 84.5 Å². The number of aryl methyl sites for hydroxylation is 2. The summed E-state index contributed by atoms with van der Waals surface area (Å²) in [5.74, 6) is -1.49. The van der Waals surface area contributed by atoms with E-state index in [0.29, 0.717) is 16.9 Å². The molecule has 3 fully saturated rings. The zero-order valence-electron chi connectivity index (χ0n) is 17.2. The molecule has 1 heterocycles. The molecule has 2 saturated carbocycles. The number of benzene rings is 2. The van der Waals surface area contributed by atoms with Gasteiger partial charge in [0.1, 0.15) is 6.10 Å². The van der Waals surface area contributed by atoms with Crippen molar-refractivity contribution in [3.63, 3.8) is 0 Å². The van der Waals surface area contributed by atoms with Gasteiger partial charge in [0.05, 0.1) is 27.9 Å². The number of esters is 1. The fourth-order valence-electron chi connectivity index (χ4n) is 5.35. The van der Waals surface area contributed by atoms with Crippen LogP contribution in [0.3, 0.4) is 0 Å². The van der Waals surface area contributed by atoms with Gasteiger partial charge in [-0.05, 0) is 61.6 Å². The lowest BCUT2D eigenvalue weighted by Gasteiger charge is -2.27. The average Bonchev–Trinajstić information content (AvgIpc) is 3.35. The Morgan fingerprint density at radius 2 is 1.81 bits per heavy atom. The second-order valence-electron chi connectivity index (χ2n) is 8.75. The van der Waals surface area contributed by atoms with E-state index in [4.69, 9.17) is 4.74 Å². The molecule has 6 nitrogen and oxygen atoms in total. The number of hydrogen-bond acceptors (Lipinski definition) is 4. The molecule has 7 heteroatoms. The Labute approximate surface area is 188 Å². The number of nitrogens with one attached hydrogen (secondary N) is 2. The first kappa shape index (κ1) is 20.2. The third-order valence-electron chi connectivity index (χ3n) is 7.02. The summed E-state index contributed by atoms with van der Waals surface area (Å²) in [4.78, 5) is 38.5. The number of para-hydroxylation sites is 1. The van der Waals surface area contributed by atoms with E-state index in [0.717, 1.165) is 17.5 Å². The number of carbonyl (C=O) groups is 3. The number of amides is 2. The molecular formula is C24H23BrN2O4. The van der Waals surface area contributed by atoms with Gasteiger partial charge in [-0.1, -0.05) is 34.1 Å².